The van der Waals surface area contributed by atoms with E-state index in [0.717, 1.165) is 5.56 Å². The van der Waals surface area contributed by atoms with Gasteiger partial charge in [-0.05, 0) is 5.92 Å². The van der Waals surface area contributed by atoms with Crippen LogP contribution >= 0.6 is 0 Å². The molecule has 0 aliphatic carbocycles. The van der Waals surface area contributed by atoms with Crippen molar-refractivity contribution in [3.8, 4) is 0 Å². The summed E-state index contributed by atoms with van der Waals surface area (Å²) in [5, 5.41) is 0. The van der Waals surface area contributed by atoms with Crippen LogP contribution < -0.4 is 0 Å². The Morgan fingerprint density at radius 1 is 0.955 bits per heavy atom. The third-order valence-corrected chi connectivity index (χ3v) is 2.91. The molecule has 0 fully saturated rings. The minimum Gasteiger partial charge on any atom is -0.412 e. The van der Waals surface area contributed by atoms with Gasteiger partial charge in [-0.2, -0.15) is 66.2 Å². The first kappa shape index (κ1) is 29.5. The molecule has 0 saturated carbocycles. The Balaban J connectivity index is -0.000000126. The normalized spacial score (nSPS) is 9.00. The van der Waals surface area contributed by atoms with Gasteiger partial charge in [-0.3, -0.25) is 0 Å². The zero-order valence-electron chi connectivity index (χ0n) is 13.0. The van der Waals surface area contributed by atoms with E-state index in [4.69, 9.17) is 0 Å². The van der Waals surface area contributed by atoms with Crippen LogP contribution in [0.1, 0.15) is 37.3 Å². The van der Waals surface area contributed by atoms with E-state index < -0.39 is 0 Å². The average Bonchev–Trinajstić information content (AvgIpc) is 2.49. The second-order valence-electron chi connectivity index (χ2n) is 4.18. The molecule has 0 spiro atoms. The zero-order chi connectivity index (χ0) is 13.2. The standard InChI is InChI=1S/C10H13.C8H7.2H2O.2W/c1-3-9(2)10-7-5-4-6-8-10;1-2-8-6-4-3-5-7-8;;;;/h5-9H,3H2,1-2H3;2,4-7H,1H2;2*1H2;;/q2*-1;;;;. The molecule has 2 nitrogen and oxygen atoms in total. The van der Waals surface area contributed by atoms with Gasteiger partial charge < -0.3 is 11.0 Å². The van der Waals surface area contributed by atoms with Crippen molar-refractivity contribution in [2.45, 2.75) is 26.2 Å². The summed E-state index contributed by atoms with van der Waals surface area (Å²) in [6, 6.07) is 21.8. The van der Waals surface area contributed by atoms with Crippen LogP contribution in [0.25, 0.3) is 6.08 Å². The molecule has 2 rings (SSSR count). The first-order chi connectivity index (χ1) is 8.77. The summed E-state index contributed by atoms with van der Waals surface area (Å²) in [5.41, 5.74) is 2.56. The molecule has 22 heavy (non-hydrogen) atoms. The maximum absolute atomic E-state index is 3.62. The van der Waals surface area contributed by atoms with Gasteiger partial charge in [0.15, 0.2) is 0 Å². The third-order valence-electron chi connectivity index (χ3n) is 2.91. The van der Waals surface area contributed by atoms with Crippen LogP contribution in [-0.4, -0.2) is 11.0 Å². The Morgan fingerprint density at radius 2 is 1.36 bits per heavy atom. The van der Waals surface area contributed by atoms with Crippen LogP contribution in [0.2, 0.25) is 0 Å². The van der Waals surface area contributed by atoms with Gasteiger partial charge in [0.2, 0.25) is 0 Å². The molecule has 122 valence electrons. The predicted molar refractivity (Wildman–Crippen MR) is 86.6 cm³/mol. The summed E-state index contributed by atoms with van der Waals surface area (Å²) in [4.78, 5) is 0. The molecule has 4 N–H and O–H groups in total. The van der Waals surface area contributed by atoms with Gasteiger partial charge in [0, 0.05) is 42.1 Å². The first-order valence-corrected chi connectivity index (χ1v) is 6.32. The van der Waals surface area contributed by atoms with Gasteiger partial charge in [0.05, 0.1) is 0 Å². The second-order valence-corrected chi connectivity index (χ2v) is 4.18. The van der Waals surface area contributed by atoms with Gasteiger partial charge in [-0.25, -0.2) is 0 Å². The van der Waals surface area contributed by atoms with Crippen LogP contribution in [0.5, 0.6) is 0 Å². The summed E-state index contributed by atoms with van der Waals surface area (Å²) in [6.07, 6.45) is 3.03. The maximum Gasteiger partial charge on any atom is 0 e. The third kappa shape index (κ3) is 12.1. The summed E-state index contributed by atoms with van der Waals surface area (Å²) < 4.78 is 0. The number of hydrogen-bond acceptors (Lipinski definition) is 0. The van der Waals surface area contributed by atoms with Crippen molar-refractivity contribution in [2.75, 3.05) is 0 Å². The predicted octanol–water partition coefficient (Wildman–Crippen LogP) is 3.48. The Hall–Kier alpha value is -0.523. The summed E-state index contributed by atoms with van der Waals surface area (Å²) >= 11 is 0. The molecular formula is C18H24O2W2-2. The van der Waals surface area contributed by atoms with E-state index in [1.165, 1.54) is 12.0 Å². The van der Waals surface area contributed by atoms with Crippen molar-refractivity contribution in [3.05, 3.63) is 78.4 Å². The quantitative estimate of drug-likeness (QED) is 0.462. The van der Waals surface area contributed by atoms with E-state index in [-0.39, 0.29) is 53.1 Å². The zero-order valence-corrected chi connectivity index (χ0v) is 18.9. The molecule has 0 aliphatic heterocycles. The van der Waals surface area contributed by atoms with Crippen LogP contribution in [0.4, 0.5) is 0 Å². The van der Waals surface area contributed by atoms with Crippen LogP contribution in [0, 0.1) is 12.1 Å². The second kappa shape index (κ2) is 18.5. The Kier molecular flexibility index (Phi) is 24.8. The molecule has 0 amide bonds. The molecule has 0 bridgehead atoms. The average molecular weight is 640 g/mol. The Bertz CT molecular complexity index is 447. The van der Waals surface area contributed by atoms with Crippen molar-refractivity contribution in [2.24, 2.45) is 0 Å². The van der Waals surface area contributed by atoms with E-state index in [0.29, 0.717) is 5.92 Å². The molecule has 2 aromatic carbocycles. The SMILES string of the molecule is C=Cc1cc[c-]cc1.CCC(C)c1cc[c-]cc1.O.O.[W].[W]. The molecule has 1 atom stereocenters. The van der Waals surface area contributed by atoms with Crippen LogP contribution in [0.3, 0.4) is 0 Å². The van der Waals surface area contributed by atoms with E-state index in [1.807, 2.05) is 42.5 Å². The molecular weight excluding hydrogens is 616 g/mol. The van der Waals surface area contributed by atoms with E-state index in [1.54, 1.807) is 0 Å². The number of hydrogen-bond donors (Lipinski definition) is 0. The van der Waals surface area contributed by atoms with Crippen molar-refractivity contribution < 1.29 is 53.1 Å². The Morgan fingerprint density at radius 3 is 1.68 bits per heavy atom. The summed E-state index contributed by atoms with van der Waals surface area (Å²) in [7, 11) is 0. The summed E-state index contributed by atoms with van der Waals surface area (Å²) in [5.74, 6) is 0.689. The Labute approximate surface area is 163 Å². The minimum absolute atomic E-state index is 0. The van der Waals surface area contributed by atoms with Crippen molar-refractivity contribution in [3.63, 3.8) is 0 Å². The molecule has 0 aliphatic rings. The van der Waals surface area contributed by atoms with Crippen LogP contribution in [-0.2, 0) is 42.1 Å². The van der Waals surface area contributed by atoms with Gasteiger partial charge in [0.25, 0.3) is 0 Å². The fourth-order valence-corrected chi connectivity index (χ4v) is 1.50. The van der Waals surface area contributed by atoms with Crippen molar-refractivity contribution in [1.82, 2.24) is 0 Å². The smallest absolute Gasteiger partial charge is 0 e. The van der Waals surface area contributed by atoms with Gasteiger partial charge >= 0.3 is 0 Å². The summed E-state index contributed by atoms with van der Waals surface area (Å²) in [6.45, 7) is 8.07. The molecule has 1 unspecified atom stereocenters. The molecule has 0 saturated heterocycles. The molecule has 0 aromatic heterocycles. The van der Waals surface area contributed by atoms with Gasteiger partial charge in [-0.1, -0.05) is 26.3 Å². The minimum atomic E-state index is 0. The number of rotatable bonds is 3. The molecule has 0 heterocycles. The van der Waals surface area contributed by atoms with E-state index in [9.17, 15) is 0 Å². The van der Waals surface area contributed by atoms with Crippen molar-refractivity contribution >= 4 is 6.08 Å². The van der Waals surface area contributed by atoms with Crippen molar-refractivity contribution in [1.29, 1.82) is 0 Å². The maximum atomic E-state index is 3.62. The van der Waals surface area contributed by atoms with Crippen LogP contribution in [0.15, 0.2) is 55.1 Å². The van der Waals surface area contributed by atoms with E-state index in [2.05, 4.69) is 44.7 Å². The fraction of sp³-hybridized carbons (Fsp3) is 0.222. The topological polar surface area (TPSA) is 63.0 Å². The monoisotopic (exact) mass is 640 g/mol. The van der Waals surface area contributed by atoms with Gasteiger partial charge in [-0.15, -0.1) is 12.1 Å². The van der Waals surface area contributed by atoms with E-state index >= 15 is 0 Å². The molecule has 0 radical (unpaired) electrons. The largest absolute Gasteiger partial charge is 0.412 e. The molecule has 4 heteroatoms. The van der Waals surface area contributed by atoms with Gasteiger partial charge in [0.1, 0.15) is 0 Å². The fourth-order valence-electron chi connectivity index (χ4n) is 1.50. The number of benzene rings is 2. The molecule has 2 aromatic rings. The first-order valence-electron chi connectivity index (χ1n) is 6.32.